The van der Waals surface area contributed by atoms with Gasteiger partial charge < -0.3 is 20.1 Å². The van der Waals surface area contributed by atoms with Crippen molar-refractivity contribution in [1.82, 2.24) is 10.2 Å². The number of amides is 2. The van der Waals surface area contributed by atoms with Crippen LogP contribution in [0.4, 0.5) is 4.79 Å². The number of hydrogen-bond acceptors (Lipinski definition) is 4. The van der Waals surface area contributed by atoms with Gasteiger partial charge in [0.05, 0.1) is 11.3 Å². The average Bonchev–Trinajstić information content (AvgIpc) is 3.19. The molecule has 0 radical (unpaired) electrons. The van der Waals surface area contributed by atoms with Crippen molar-refractivity contribution < 1.29 is 24.2 Å². The quantitative estimate of drug-likeness (QED) is 0.649. The number of carbonyl (C=O) groups excluding carboxylic acids is 2. The molecule has 6 rings (SSSR count). The van der Waals surface area contributed by atoms with E-state index in [1.165, 1.54) is 11.1 Å². The Morgan fingerprint density at radius 2 is 1.66 bits per heavy atom. The summed E-state index contributed by atoms with van der Waals surface area (Å²) in [4.78, 5) is 39.4. The number of nitrogens with zero attached hydrogens (tertiary/aromatic N) is 1. The van der Waals surface area contributed by atoms with Crippen LogP contribution in [0.5, 0.6) is 0 Å². The predicted molar refractivity (Wildman–Crippen MR) is 131 cm³/mol. The van der Waals surface area contributed by atoms with Gasteiger partial charge in [-0.25, -0.2) is 4.79 Å². The highest BCUT2D eigenvalue weighted by atomic mass is 16.5. The van der Waals surface area contributed by atoms with Gasteiger partial charge in [-0.3, -0.25) is 9.59 Å². The lowest BCUT2D eigenvalue weighted by Crippen LogP contribution is -2.60. The Bertz CT molecular complexity index is 1110. The maximum Gasteiger partial charge on any atom is 0.407 e. The summed E-state index contributed by atoms with van der Waals surface area (Å²) in [5.74, 6) is -1.24. The Morgan fingerprint density at radius 1 is 1.03 bits per heavy atom. The minimum absolute atomic E-state index is 0.0281. The first-order valence-corrected chi connectivity index (χ1v) is 12.4. The lowest BCUT2D eigenvalue weighted by atomic mass is 9.71. The molecule has 2 aromatic rings. The van der Waals surface area contributed by atoms with Gasteiger partial charge in [0.15, 0.2) is 0 Å². The molecule has 184 valence electrons. The van der Waals surface area contributed by atoms with Crippen LogP contribution in [0, 0.1) is 17.3 Å². The van der Waals surface area contributed by atoms with Crippen LogP contribution in [-0.2, 0) is 14.3 Å². The smallest absolute Gasteiger partial charge is 0.407 e. The second-order valence-corrected chi connectivity index (χ2v) is 10.7. The van der Waals surface area contributed by atoms with E-state index in [0.717, 1.165) is 24.0 Å². The SMILES string of the molecule is CC(C)(CNC(=O)OCC1c2ccccc2-c2ccccc21)C(=O)N1CC2CCC1C(C(=O)O)C2. The highest BCUT2D eigenvalue weighted by Crippen LogP contribution is 2.44. The molecule has 1 saturated carbocycles. The van der Waals surface area contributed by atoms with Crippen molar-refractivity contribution in [1.29, 1.82) is 0 Å². The molecule has 0 spiro atoms. The monoisotopic (exact) mass is 476 g/mol. The van der Waals surface area contributed by atoms with Crippen LogP contribution in [0.15, 0.2) is 48.5 Å². The number of rotatable bonds is 6. The molecule has 3 unspecified atom stereocenters. The van der Waals surface area contributed by atoms with E-state index in [1.54, 1.807) is 18.7 Å². The normalized spacial score (nSPS) is 22.9. The molecule has 2 aliphatic carbocycles. The molecule has 2 bridgehead atoms. The van der Waals surface area contributed by atoms with Gasteiger partial charge in [-0.1, -0.05) is 48.5 Å². The lowest BCUT2D eigenvalue weighted by Gasteiger charge is -2.50. The number of carboxylic acid groups (broad SMARTS) is 1. The van der Waals surface area contributed by atoms with Crippen LogP contribution in [-0.4, -0.2) is 53.7 Å². The Morgan fingerprint density at radius 3 is 2.26 bits per heavy atom. The second kappa shape index (κ2) is 9.02. The number of carboxylic acids is 1. The van der Waals surface area contributed by atoms with Crippen molar-refractivity contribution in [2.75, 3.05) is 19.7 Å². The molecule has 2 N–H and O–H groups in total. The average molecular weight is 477 g/mol. The third-order valence-electron chi connectivity index (χ3n) is 7.95. The number of piperidine rings is 2. The van der Waals surface area contributed by atoms with Crippen LogP contribution < -0.4 is 5.32 Å². The molecule has 7 nitrogen and oxygen atoms in total. The Kier molecular flexibility index (Phi) is 6.03. The zero-order valence-corrected chi connectivity index (χ0v) is 20.2. The van der Waals surface area contributed by atoms with E-state index in [1.807, 2.05) is 24.3 Å². The molecule has 2 amide bonds. The largest absolute Gasteiger partial charge is 0.481 e. The molecule has 7 heteroatoms. The van der Waals surface area contributed by atoms with E-state index in [9.17, 15) is 19.5 Å². The first kappa shape index (κ1) is 23.4. The summed E-state index contributed by atoms with van der Waals surface area (Å²) in [6.07, 6.45) is 1.78. The van der Waals surface area contributed by atoms with Gasteiger partial charge in [0.1, 0.15) is 6.61 Å². The molecular weight excluding hydrogens is 444 g/mol. The Labute approximate surface area is 205 Å². The van der Waals surface area contributed by atoms with E-state index in [0.29, 0.717) is 13.0 Å². The molecule has 0 aromatic heterocycles. The van der Waals surface area contributed by atoms with Gasteiger partial charge in [0, 0.05) is 25.0 Å². The second-order valence-electron chi connectivity index (χ2n) is 10.7. The number of carbonyl (C=O) groups is 3. The van der Waals surface area contributed by atoms with Crippen molar-refractivity contribution in [2.24, 2.45) is 17.3 Å². The molecule has 2 heterocycles. The molecule has 4 aliphatic rings. The van der Waals surface area contributed by atoms with Gasteiger partial charge in [-0.05, 0) is 61.3 Å². The topological polar surface area (TPSA) is 95.9 Å². The summed E-state index contributed by atoms with van der Waals surface area (Å²) < 4.78 is 5.61. The number of aliphatic carboxylic acids is 1. The van der Waals surface area contributed by atoms with E-state index < -0.39 is 23.4 Å². The van der Waals surface area contributed by atoms with Crippen molar-refractivity contribution >= 4 is 18.0 Å². The molecule has 35 heavy (non-hydrogen) atoms. The van der Waals surface area contributed by atoms with Gasteiger partial charge in [-0.15, -0.1) is 0 Å². The summed E-state index contributed by atoms with van der Waals surface area (Å²) in [6.45, 7) is 4.51. The third-order valence-corrected chi connectivity index (χ3v) is 7.95. The molecular formula is C28H32N2O5. The van der Waals surface area contributed by atoms with Crippen LogP contribution in [0.1, 0.15) is 50.2 Å². The van der Waals surface area contributed by atoms with Gasteiger partial charge in [0.25, 0.3) is 0 Å². The molecule has 2 aromatic carbocycles. The number of hydrogen-bond donors (Lipinski definition) is 2. The van der Waals surface area contributed by atoms with E-state index in [4.69, 9.17) is 4.74 Å². The van der Waals surface area contributed by atoms with Gasteiger partial charge in [0.2, 0.25) is 5.91 Å². The maximum absolute atomic E-state index is 13.4. The molecule has 3 atom stereocenters. The van der Waals surface area contributed by atoms with E-state index in [2.05, 4.69) is 29.6 Å². The fourth-order valence-corrected chi connectivity index (χ4v) is 6.10. The first-order valence-electron chi connectivity index (χ1n) is 12.4. The molecule has 2 saturated heterocycles. The van der Waals surface area contributed by atoms with Gasteiger partial charge in [-0.2, -0.15) is 0 Å². The van der Waals surface area contributed by atoms with Crippen molar-refractivity contribution in [3.8, 4) is 11.1 Å². The van der Waals surface area contributed by atoms with Crippen LogP contribution >= 0.6 is 0 Å². The number of nitrogens with one attached hydrogen (secondary N) is 1. The number of fused-ring (bicyclic) bond motifs is 6. The van der Waals surface area contributed by atoms with Crippen molar-refractivity contribution in [3.63, 3.8) is 0 Å². The van der Waals surface area contributed by atoms with Crippen molar-refractivity contribution in [3.05, 3.63) is 59.7 Å². The minimum Gasteiger partial charge on any atom is -0.481 e. The highest BCUT2D eigenvalue weighted by Gasteiger charge is 2.48. The molecule has 2 aliphatic heterocycles. The zero-order chi connectivity index (χ0) is 24.7. The Hall–Kier alpha value is -3.35. The number of benzene rings is 2. The van der Waals surface area contributed by atoms with Crippen LogP contribution in [0.3, 0.4) is 0 Å². The Balaban J connectivity index is 1.19. The first-order chi connectivity index (χ1) is 16.8. The van der Waals surface area contributed by atoms with E-state index in [-0.39, 0.29) is 36.9 Å². The fourth-order valence-electron chi connectivity index (χ4n) is 6.10. The van der Waals surface area contributed by atoms with Crippen molar-refractivity contribution in [2.45, 2.75) is 45.1 Å². The van der Waals surface area contributed by atoms with Crippen LogP contribution in [0.25, 0.3) is 11.1 Å². The maximum atomic E-state index is 13.4. The lowest BCUT2D eigenvalue weighted by molar-refractivity contribution is -0.160. The third kappa shape index (κ3) is 4.28. The number of alkyl carbamates (subject to hydrolysis) is 1. The predicted octanol–water partition coefficient (Wildman–Crippen LogP) is 4.26. The summed E-state index contributed by atoms with van der Waals surface area (Å²) >= 11 is 0. The summed E-state index contributed by atoms with van der Waals surface area (Å²) in [5, 5.41) is 12.4. The van der Waals surface area contributed by atoms with E-state index >= 15 is 0 Å². The summed E-state index contributed by atoms with van der Waals surface area (Å²) in [5.41, 5.74) is 3.75. The summed E-state index contributed by atoms with van der Waals surface area (Å²) in [6, 6.07) is 16.1. The molecule has 3 fully saturated rings. The standard InChI is InChI=1S/C28H32N2O5/c1-28(2,26(33)30-14-17-11-12-24(30)22(13-17)25(31)32)16-29-27(34)35-15-23-20-9-5-3-7-18(20)19-8-4-6-10-21(19)23/h3-10,17,22-24H,11-16H2,1-2H3,(H,29,34)(H,31,32). The minimum atomic E-state index is -0.869. The van der Waals surface area contributed by atoms with Gasteiger partial charge >= 0.3 is 12.1 Å². The zero-order valence-electron chi connectivity index (χ0n) is 20.2. The van der Waals surface area contributed by atoms with Crippen LogP contribution in [0.2, 0.25) is 0 Å². The number of ether oxygens (including phenoxy) is 1. The fraction of sp³-hybridized carbons (Fsp3) is 0.464. The highest BCUT2D eigenvalue weighted by molar-refractivity contribution is 5.84. The summed E-state index contributed by atoms with van der Waals surface area (Å²) in [7, 11) is 0.